The fourth-order valence-corrected chi connectivity index (χ4v) is 2.64. The van der Waals surface area contributed by atoms with E-state index in [1.807, 2.05) is 12.1 Å². The van der Waals surface area contributed by atoms with Crippen molar-refractivity contribution in [2.75, 3.05) is 5.32 Å². The van der Waals surface area contributed by atoms with E-state index in [4.69, 9.17) is 5.73 Å². The molecule has 0 saturated carbocycles. The highest BCUT2D eigenvalue weighted by Gasteiger charge is 2.14. The van der Waals surface area contributed by atoms with E-state index in [2.05, 4.69) is 47.3 Å². The highest BCUT2D eigenvalue weighted by atomic mass is 16.3. The van der Waals surface area contributed by atoms with Crippen molar-refractivity contribution in [3.63, 3.8) is 0 Å². The molecule has 4 N–H and O–H groups in total. The van der Waals surface area contributed by atoms with Gasteiger partial charge in [0, 0.05) is 17.6 Å². The molecule has 0 saturated heterocycles. The van der Waals surface area contributed by atoms with E-state index in [0.717, 1.165) is 17.0 Å². The summed E-state index contributed by atoms with van der Waals surface area (Å²) < 4.78 is 0. The number of rotatable bonds is 3. The Morgan fingerprint density at radius 1 is 1.22 bits per heavy atom. The molecule has 2 aromatic rings. The molecule has 1 aromatic heterocycles. The molecule has 0 aliphatic heterocycles. The van der Waals surface area contributed by atoms with Gasteiger partial charge in [-0.15, -0.1) is 0 Å². The lowest BCUT2D eigenvalue weighted by atomic mass is 10.00. The fraction of sp³-hybridized carbons (Fsp3) is 0.222. The SMILES string of the molecule is Cc1cc(C)cc(Nc2nccc(C3=CCC(O)C(N)=C3)n2)c1. The van der Waals surface area contributed by atoms with Crippen molar-refractivity contribution >= 4 is 17.2 Å². The number of aliphatic hydroxyl groups excluding tert-OH is 1. The van der Waals surface area contributed by atoms with Crippen LogP contribution in [0.5, 0.6) is 0 Å². The molecule has 0 spiro atoms. The van der Waals surface area contributed by atoms with Crippen LogP contribution in [0.3, 0.4) is 0 Å². The first-order valence-corrected chi connectivity index (χ1v) is 7.55. The van der Waals surface area contributed by atoms with Gasteiger partial charge in [-0.25, -0.2) is 9.97 Å². The van der Waals surface area contributed by atoms with Crippen molar-refractivity contribution in [1.29, 1.82) is 0 Å². The minimum absolute atomic E-state index is 0.463. The molecule has 0 bridgehead atoms. The highest BCUT2D eigenvalue weighted by molar-refractivity contribution is 5.74. The number of hydrogen-bond acceptors (Lipinski definition) is 5. The predicted molar refractivity (Wildman–Crippen MR) is 92.1 cm³/mol. The lowest BCUT2D eigenvalue weighted by Crippen LogP contribution is -2.19. The van der Waals surface area contributed by atoms with E-state index in [0.29, 0.717) is 18.1 Å². The molecule has 118 valence electrons. The first-order chi connectivity index (χ1) is 11.0. The van der Waals surface area contributed by atoms with Gasteiger partial charge in [0.1, 0.15) is 0 Å². The van der Waals surface area contributed by atoms with Gasteiger partial charge in [-0.2, -0.15) is 0 Å². The molecular formula is C18H20N4O. The summed E-state index contributed by atoms with van der Waals surface area (Å²) in [4.78, 5) is 8.81. The summed E-state index contributed by atoms with van der Waals surface area (Å²) in [5.41, 5.74) is 11.3. The topological polar surface area (TPSA) is 84.1 Å². The quantitative estimate of drug-likeness (QED) is 0.812. The third-order valence-corrected chi connectivity index (χ3v) is 3.70. The Morgan fingerprint density at radius 3 is 2.65 bits per heavy atom. The standard InChI is InChI=1S/C18H20N4O/c1-11-7-12(2)9-14(8-11)21-18-20-6-5-16(22-18)13-3-4-17(23)15(19)10-13/h3,5-10,17,23H,4,19H2,1-2H3,(H,20,21,22). The van der Waals surface area contributed by atoms with Crippen molar-refractivity contribution in [2.24, 2.45) is 5.73 Å². The lowest BCUT2D eigenvalue weighted by Gasteiger charge is -2.16. The highest BCUT2D eigenvalue weighted by Crippen LogP contribution is 2.23. The monoisotopic (exact) mass is 308 g/mol. The number of benzene rings is 1. The molecule has 1 heterocycles. The van der Waals surface area contributed by atoms with E-state index < -0.39 is 6.10 Å². The van der Waals surface area contributed by atoms with E-state index in [9.17, 15) is 5.11 Å². The molecule has 5 heteroatoms. The number of nitrogens with two attached hydrogens (primary N) is 1. The molecule has 0 amide bonds. The van der Waals surface area contributed by atoms with Crippen molar-refractivity contribution in [3.8, 4) is 0 Å². The van der Waals surface area contributed by atoms with Gasteiger partial charge < -0.3 is 16.2 Å². The molecule has 23 heavy (non-hydrogen) atoms. The molecule has 1 aliphatic carbocycles. The van der Waals surface area contributed by atoms with Crippen LogP contribution in [0.4, 0.5) is 11.6 Å². The Hall–Kier alpha value is -2.66. The Bertz CT molecular complexity index is 775. The summed E-state index contributed by atoms with van der Waals surface area (Å²) in [7, 11) is 0. The summed E-state index contributed by atoms with van der Waals surface area (Å²) in [5.74, 6) is 0.534. The Kier molecular flexibility index (Phi) is 4.12. The maximum atomic E-state index is 9.66. The van der Waals surface area contributed by atoms with Crippen LogP contribution < -0.4 is 11.1 Å². The molecule has 3 rings (SSSR count). The van der Waals surface area contributed by atoms with Crippen LogP contribution in [-0.2, 0) is 0 Å². The van der Waals surface area contributed by atoms with E-state index in [1.54, 1.807) is 12.3 Å². The second-order valence-electron chi connectivity index (χ2n) is 5.82. The minimum Gasteiger partial charge on any atom is -0.400 e. The number of nitrogens with zero attached hydrogens (tertiary/aromatic N) is 2. The lowest BCUT2D eigenvalue weighted by molar-refractivity contribution is 0.211. The average Bonchev–Trinajstić information content (AvgIpc) is 2.49. The summed E-state index contributed by atoms with van der Waals surface area (Å²) >= 11 is 0. The third-order valence-electron chi connectivity index (χ3n) is 3.70. The predicted octanol–water partition coefficient (Wildman–Crippen LogP) is 2.83. The van der Waals surface area contributed by atoms with Crippen LogP contribution in [-0.4, -0.2) is 21.2 Å². The Balaban J connectivity index is 1.86. The van der Waals surface area contributed by atoms with E-state index in [-0.39, 0.29) is 0 Å². The number of aliphatic hydroxyl groups is 1. The van der Waals surface area contributed by atoms with Gasteiger partial charge in [-0.3, -0.25) is 0 Å². The maximum Gasteiger partial charge on any atom is 0.227 e. The van der Waals surface area contributed by atoms with Gasteiger partial charge in [-0.05, 0) is 61.2 Å². The molecule has 1 atom stereocenters. The van der Waals surface area contributed by atoms with Gasteiger partial charge in [0.2, 0.25) is 5.95 Å². The molecule has 1 unspecified atom stereocenters. The van der Waals surface area contributed by atoms with E-state index in [1.165, 1.54) is 11.1 Å². The molecule has 0 fully saturated rings. The molecule has 5 nitrogen and oxygen atoms in total. The van der Waals surface area contributed by atoms with Crippen LogP contribution >= 0.6 is 0 Å². The van der Waals surface area contributed by atoms with Gasteiger partial charge in [0.25, 0.3) is 0 Å². The summed E-state index contributed by atoms with van der Waals surface area (Å²) in [6, 6.07) is 8.06. The van der Waals surface area contributed by atoms with Crippen molar-refractivity contribution in [2.45, 2.75) is 26.4 Å². The van der Waals surface area contributed by atoms with Gasteiger partial charge >= 0.3 is 0 Å². The first kappa shape index (κ1) is 15.2. The molecule has 0 radical (unpaired) electrons. The van der Waals surface area contributed by atoms with Crippen LogP contribution in [0.15, 0.2) is 48.3 Å². The second kappa shape index (κ2) is 6.22. The van der Waals surface area contributed by atoms with Gasteiger partial charge in [0.15, 0.2) is 0 Å². The van der Waals surface area contributed by atoms with Crippen LogP contribution in [0.2, 0.25) is 0 Å². The number of allylic oxidation sites excluding steroid dienone is 2. The largest absolute Gasteiger partial charge is 0.400 e. The number of aromatic nitrogens is 2. The Morgan fingerprint density at radius 2 is 1.96 bits per heavy atom. The number of nitrogens with one attached hydrogen (secondary N) is 1. The normalized spacial score (nSPS) is 17.4. The molecule has 1 aromatic carbocycles. The van der Waals surface area contributed by atoms with Crippen molar-refractivity contribution < 1.29 is 5.11 Å². The van der Waals surface area contributed by atoms with Crippen LogP contribution in [0.25, 0.3) is 5.57 Å². The van der Waals surface area contributed by atoms with Gasteiger partial charge in [0.05, 0.1) is 11.8 Å². The zero-order chi connectivity index (χ0) is 16.4. The summed E-state index contributed by atoms with van der Waals surface area (Å²) in [6.07, 6.45) is 5.31. The van der Waals surface area contributed by atoms with Crippen molar-refractivity contribution in [1.82, 2.24) is 9.97 Å². The minimum atomic E-state index is -0.603. The van der Waals surface area contributed by atoms with Crippen LogP contribution in [0, 0.1) is 13.8 Å². The number of aryl methyl sites for hydroxylation is 2. The summed E-state index contributed by atoms with van der Waals surface area (Å²) in [6.45, 7) is 4.11. The second-order valence-corrected chi connectivity index (χ2v) is 5.82. The summed E-state index contributed by atoms with van der Waals surface area (Å²) in [5, 5.41) is 12.9. The fourth-order valence-electron chi connectivity index (χ4n) is 2.64. The Labute approximate surface area is 135 Å². The number of hydrogen-bond donors (Lipinski definition) is 3. The smallest absolute Gasteiger partial charge is 0.227 e. The van der Waals surface area contributed by atoms with Crippen LogP contribution in [0.1, 0.15) is 23.2 Å². The zero-order valence-corrected chi connectivity index (χ0v) is 13.2. The van der Waals surface area contributed by atoms with Gasteiger partial charge in [-0.1, -0.05) is 12.1 Å². The first-order valence-electron chi connectivity index (χ1n) is 7.55. The molecule has 1 aliphatic rings. The third kappa shape index (κ3) is 3.57. The van der Waals surface area contributed by atoms with Crippen molar-refractivity contribution in [3.05, 3.63) is 65.1 Å². The maximum absolute atomic E-state index is 9.66. The molecular weight excluding hydrogens is 288 g/mol. The number of anilines is 2. The average molecular weight is 308 g/mol. The zero-order valence-electron chi connectivity index (χ0n) is 13.2. The van der Waals surface area contributed by atoms with E-state index >= 15 is 0 Å².